The van der Waals surface area contributed by atoms with Crippen LogP contribution in [-0.2, 0) is 13.0 Å². The second-order valence-electron chi connectivity index (χ2n) is 4.21. The van der Waals surface area contributed by atoms with Crippen LogP contribution in [0.5, 0.6) is 0 Å². The Morgan fingerprint density at radius 3 is 2.95 bits per heavy atom. The number of rotatable bonds is 5. The molecular formula is C13H16ClFN4. The van der Waals surface area contributed by atoms with Crippen molar-refractivity contribution in [3.63, 3.8) is 0 Å². The molecule has 0 spiro atoms. The molecule has 0 bridgehead atoms. The lowest BCUT2D eigenvalue weighted by molar-refractivity contribution is 0.481. The Bertz CT molecular complexity index is 555. The Balaban J connectivity index is 2.27. The fourth-order valence-electron chi connectivity index (χ4n) is 2.08. The van der Waals surface area contributed by atoms with E-state index in [0.717, 1.165) is 12.2 Å². The van der Waals surface area contributed by atoms with Crippen LogP contribution in [0.1, 0.15) is 24.2 Å². The number of halogens is 2. The molecule has 6 heteroatoms. The average Bonchev–Trinajstić information content (AvgIpc) is 2.88. The number of aryl methyl sites for hydroxylation is 1. The van der Waals surface area contributed by atoms with Gasteiger partial charge in [0.1, 0.15) is 5.82 Å². The molecule has 1 unspecified atom stereocenters. The van der Waals surface area contributed by atoms with E-state index in [-0.39, 0.29) is 11.1 Å². The number of hydrogen-bond acceptors (Lipinski definition) is 3. The number of nitrogens with zero attached hydrogens (tertiary/aromatic N) is 2. The molecule has 0 aliphatic carbocycles. The summed E-state index contributed by atoms with van der Waals surface area (Å²) in [6.45, 7) is 2.72. The van der Waals surface area contributed by atoms with Gasteiger partial charge in [-0.15, -0.1) is 0 Å². The van der Waals surface area contributed by atoms with Crippen molar-refractivity contribution in [2.24, 2.45) is 5.84 Å². The quantitative estimate of drug-likeness (QED) is 0.654. The van der Waals surface area contributed by atoms with Gasteiger partial charge in [0, 0.05) is 12.7 Å². The molecule has 3 N–H and O–H groups in total. The van der Waals surface area contributed by atoms with Crippen molar-refractivity contribution >= 4 is 11.6 Å². The van der Waals surface area contributed by atoms with Crippen LogP contribution in [0.2, 0.25) is 5.02 Å². The summed E-state index contributed by atoms with van der Waals surface area (Å²) in [7, 11) is 0. The van der Waals surface area contributed by atoms with Crippen molar-refractivity contribution in [1.82, 2.24) is 15.2 Å². The van der Waals surface area contributed by atoms with Gasteiger partial charge in [-0.3, -0.25) is 16.0 Å². The van der Waals surface area contributed by atoms with E-state index in [1.807, 2.05) is 17.7 Å². The van der Waals surface area contributed by atoms with Gasteiger partial charge in [0.2, 0.25) is 0 Å². The van der Waals surface area contributed by atoms with E-state index in [2.05, 4.69) is 10.5 Å². The maximum absolute atomic E-state index is 13.9. The number of nitrogens with two attached hydrogens (primary N) is 1. The summed E-state index contributed by atoms with van der Waals surface area (Å²) < 4.78 is 15.7. The molecule has 0 aliphatic rings. The smallest absolute Gasteiger partial charge is 0.145 e. The summed E-state index contributed by atoms with van der Waals surface area (Å²) >= 11 is 5.78. The molecule has 0 amide bonds. The maximum atomic E-state index is 13.9. The molecule has 0 saturated heterocycles. The molecule has 102 valence electrons. The van der Waals surface area contributed by atoms with Gasteiger partial charge < -0.3 is 0 Å². The van der Waals surface area contributed by atoms with E-state index >= 15 is 0 Å². The largest absolute Gasteiger partial charge is 0.271 e. The average molecular weight is 283 g/mol. The van der Waals surface area contributed by atoms with Crippen molar-refractivity contribution in [2.45, 2.75) is 25.9 Å². The van der Waals surface area contributed by atoms with Gasteiger partial charge in [0.05, 0.1) is 16.8 Å². The molecule has 0 aliphatic heterocycles. The lowest BCUT2D eigenvalue weighted by Crippen LogP contribution is -2.31. The van der Waals surface area contributed by atoms with Crippen molar-refractivity contribution in [1.29, 1.82) is 0 Å². The van der Waals surface area contributed by atoms with Crippen molar-refractivity contribution in [3.8, 4) is 0 Å². The number of nitrogens with one attached hydrogen (secondary N) is 1. The molecule has 1 heterocycles. The molecule has 0 fully saturated rings. The molecule has 2 aromatic rings. The SMILES string of the molecule is CCn1nccc1C(Cc1cccc(Cl)c1F)NN. The van der Waals surface area contributed by atoms with E-state index < -0.39 is 5.82 Å². The molecular weight excluding hydrogens is 267 g/mol. The normalized spacial score (nSPS) is 12.6. The highest BCUT2D eigenvalue weighted by molar-refractivity contribution is 6.30. The Hall–Kier alpha value is -1.43. The first-order valence-electron chi connectivity index (χ1n) is 6.08. The predicted octanol–water partition coefficient (Wildman–Crippen LogP) is 2.44. The summed E-state index contributed by atoms with van der Waals surface area (Å²) in [6.07, 6.45) is 2.12. The van der Waals surface area contributed by atoms with E-state index in [0.29, 0.717) is 12.0 Å². The number of hydrogen-bond donors (Lipinski definition) is 2. The van der Waals surface area contributed by atoms with Crippen LogP contribution in [0.4, 0.5) is 4.39 Å². The van der Waals surface area contributed by atoms with E-state index in [1.165, 1.54) is 6.07 Å². The highest BCUT2D eigenvalue weighted by Gasteiger charge is 2.17. The minimum Gasteiger partial charge on any atom is -0.271 e. The first-order valence-corrected chi connectivity index (χ1v) is 6.45. The molecule has 4 nitrogen and oxygen atoms in total. The second-order valence-corrected chi connectivity index (χ2v) is 4.62. The van der Waals surface area contributed by atoms with Crippen LogP contribution in [0, 0.1) is 5.82 Å². The van der Waals surface area contributed by atoms with Crippen LogP contribution in [-0.4, -0.2) is 9.78 Å². The second kappa shape index (κ2) is 6.14. The van der Waals surface area contributed by atoms with E-state index in [1.54, 1.807) is 18.3 Å². The minimum atomic E-state index is -0.396. The fourth-order valence-corrected chi connectivity index (χ4v) is 2.27. The van der Waals surface area contributed by atoms with Gasteiger partial charge in [0.15, 0.2) is 0 Å². The predicted molar refractivity (Wildman–Crippen MR) is 73.1 cm³/mol. The van der Waals surface area contributed by atoms with Crippen LogP contribution < -0.4 is 11.3 Å². The summed E-state index contributed by atoms with van der Waals surface area (Å²) in [6, 6.07) is 6.62. The highest BCUT2D eigenvalue weighted by atomic mass is 35.5. The lowest BCUT2D eigenvalue weighted by Gasteiger charge is -2.17. The third-order valence-electron chi connectivity index (χ3n) is 3.06. The molecule has 1 aromatic carbocycles. The van der Waals surface area contributed by atoms with Gasteiger partial charge in [-0.05, 0) is 31.0 Å². The zero-order valence-electron chi connectivity index (χ0n) is 10.6. The van der Waals surface area contributed by atoms with E-state index in [4.69, 9.17) is 17.4 Å². The van der Waals surface area contributed by atoms with Crippen molar-refractivity contribution in [2.75, 3.05) is 0 Å². The molecule has 0 saturated carbocycles. The van der Waals surface area contributed by atoms with E-state index in [9.17, 15) is 4.39 Å². The van der Waals surface area contributed by atoms with Gasteiger partial charge in [-0.25, -0.2) is 4.39 Å². The maximum Gasteiger partial charge on any atom is 0.145 e. The van der Waals surface area contributed by atoms with Gasteiger partial charge >= 0.3 is 0 Å². The topological polar surface area (TPSA) is 55.9 Å². The Morgan fingerprint density at radius 1 is 1.47 bits per heavy atom. The molecule has 0 radical (unpaired) electrons. The number of benzene rings is 1. The van der Waals surface area contributed by atoms with Gasteiger partial charge in [0.25, 0.3) is 0 Å². The third kappa shape index (κ3) is 2.94. The lowest BCUT2D eigenvalue weighted by atomic mass is 10.0. The van der Waals surface area contributed by atoms with Crippen LogP contribution >= 0.6 is 11.6 Å². The number of hydrazine groups is 1. The Morgan fingerprint density at radius 2 is 2.26 bits per heavy atom. The van der Waals surface area contributed by atoms with Crippen molar-refractivity contribution < 1.29 is 4.39 Å². The van der Waals surface area contributed by atoms with Gasteiger partial charge in [-0.2, -0.15) is 5.10 Å². The summed E-state index contributed by atoms with van der Waals surface area (Å²) in [5, 5.41) is 4.31. The molecule has 2 rings (SSSR count). The fraction of sp³-hybridized carbons (Fsp3) is 0.308. The minimum absolute atomic E-state index is 0.122. The molecule has 19 heavy (non-hydrogen) atoms. The van der Waals surface area contributed by atoms with Crippen LogP contribution in [0.15, 0.2) is 30.5 Å². The summed E-state index contributed by atoms with van der Waals surface area (Å²) in [4.78, 5) is 0. The standard InChI is InChI=1S/C13H16ClFN4/c1-2-19-12(6-7-17-19)11(18-16)8-9-4-3-5-10(14)13(9)15/h3-7,11,18H,2,8,16H2,1H3. The zero-order chi connectivity index (χ0) is 13.8. The third-order valence-corrected chi connectivity index (χ3v) is 3.35. The summed E-state index contributed by atoms with van der Waals surface area (Å²) in [5.74, 6) is 5.18. The Labute approximate surface area is 116 Å². The first-order chi connectivity index (χ1) is 9.17. The zero-order valence-corrected chi connectivity index (χ0v) is 11.4. The molecule has 1 aromatic heterocycles. The Kier molecular flexibility index (Phi) is 4.52. The molecule has 1 atom stereocenters. The van der Waals surface area contributed by atoms with Crippen molar-refractivity contribution in [3.05, 3.63) is 52.6 Å². The van der Waals surface area contributed by atoms with Gasteiger partial charge in [-0.1, -0.05) is 23.7 Å². The monoisotopic (exact) mass is 282 g/mol. The first kappa shape index (κ1) is 14.0. The summed E-state index contributed by atoms with van der Waals surface area (Å²) in [5.41, 5.74) is 4.15. The number of aromatic nitrogens is 2. The highest BCUT2D eigenvalue weighted by Crippen LogP contribution is 2.23. The van der Waals surface area contributed by atoms with Crippen LogP contribution in [0.25, 0.3) is 0 Å². The van der Waals surface area contributed by atoms with Crippen LogP contribution in [0.3, 0.4) is 0 Å².